The van der Waals surface area contributed by atoms with Crippen molar-refractivity contribution in [3.8, 4) is 5.75 Å². The number of aromatic nitrogens is 2. The summed E-state index contributed by atoms with van der Waals surface area (Å²) >= 11 is 0. The van der Waals surface area contributed by atoms with E-state index in [4.69, 9.17) is 9.15 Å². The quantitative estimate of drug-likeness (QED) is 0.755. The topological polar surface area (TPSA) is 63.4 Å². The van der Waals surface area contributed by atoms with Crippen LogP contribution in [0.5, 0.6) is 5.75 Å². The first-order chi connectivity index (χ1) is 10.6. The lowest BCUT2D eigenvalue weighted by molar-refractivity contribution is 0.309. The predicted molar refractivity (Wildman–Crippen MR) is 86.4 cm³/mol. The summed E-state index contributed by atoms with van der Waals surface area (Å²) in [7, 11) is 3.78. The van der Waals surface area contributed by atoms with E-state index < -0.39 is 0 Å². The largest absolute Gasteiger partial charge is 0.493 e. The molecule has 0 fully saturated rings. The lowest BCUT2D eigenvalue weighted by atomic mass is 10.1. The van der Waals surface area contributed by atoms with Crippen molar-refractivity contribution in [1.29, 1.82) is 0 Å². The van der Waals surface area contributed by atoms with Crippen LogP contribution in [-0.2, 0) is 6.54 Å². The molecule has 120 valence electrons. The molecule has 0 aliphatic carbocycles. The van der Waals surface area contributed by atoms with Crippen molar-refractivity contribution in [1.82, 2.24) is 15.5 Å². The molecule has 0 unspecified atom stereocenters. The summed E-state index contributed by atoms with van der Waals surface area (Å²) < 4.78 is 11.4. The molecule has 1 N–H and O–H groups in total. The van der Waals surface area contributed by atoms with Gasteiger partial charge in [0.05, 0.1) is 13.2 Å². The van der Waals surface area contributed by atoms with Gasteiger partial charge in [0.15, 0.2) is 0 Å². The molecule has 0 atom stereocenters. The molecule has 0 amide bonds. The van der Waals surface area contributed by atoms with E-state index in [-0.39, 0.29) is 0 Å². The summed E-state index contributed by atoms with van der Waals surface area (Å²) in [6, 6.07) is 6.66. The molecular weight excluding hydrogens is 280 g/mol. The van der Waals surface area contributed by atoms with E-state index in [1.807, 2.05) is 31.1 Å². The summed E-state index contributed by atoms with van der Waals surface area (Å²) in [6.07, 6.45) is 0.883. The summed E-state index contributed by atoms with van der Waals surface area (Å²) in [4.78, 5) is 1.94. The van der Waals surface area contributed by atoms with Crippen molar-refractivity contribution in [2.45, 2.75) is 26.8 Å². The predicted octanol–water partition coefficient (Wildman–Crippen LogP) is 2.31. The third kappa shape index (κ3) is 4.21. The molecule has 1 aromatic carbocycles. The van der Waals surface area contributed by atoms with Gasteiger partial charge in [-0.2, -0.15) is 0 Å². The number of hydrogen-bond donors (Lipinski definition) is 1. The highest BCUT2D eigenvalue weighted by molar-refractivity contribution is 5.38. The van der Waals surface area contributed by atoms with Gasteiger partial charge >= 0.3 is 6.01 Å². The number of nitrogens with zero attached hydrogens (tertiary/aromatic N) is 3. The fourth-order valence-electron chi connectivity index (χ4n) is 2.08. The number of nitrogens with one attached hydrogen (secondary N) is 1. The Morgan fingerprint density at radius 1 is 1.27 bits per heavy atom. The van der Waals surface area contributed by atoms with Crippen LogP contribution in [0.2, 0.25) is 0 Å². The van der Waals surface area contributed by atoms with Crippen molar-refractivity contribution < 1.29 is 9.15 Å². The van der Waals surface area contributed by atoms with E-state index in [0.29, 0.717) is 25.1 Å². The zero-order chi connectivity index (χ0) is 15.9. The molecule has 0 saturated heterocycles. The average molecular weight is 304 g/mol. The maximum atomic E-state index is 5.84. The van der Waals surface area contributed by atoms with E-state index in [0.717, 1.165) is 18.7 Å². The van der Waals surface area contributed by atoms with Gasteiger partial charge in [0.25, 0.3) is 0 Å². The molecule has 0 bridgehead atoms. The van der Waals surface area contributed by atoms with E-state index in [9.17, 15) is 0 Å². The SMILES string of the molecule is CNCc1nnc(N(C)CCCOc2cccc(C)c2C)o1. The Kier molecular flexibility index (Phi) is 5.77. The fourth-order valence-corrected chi connectivity index (χ4v) is 2.08. The van der Waals surface area contributed by atoms with Gasteiger partial charge in [-0.25, -0.2) is 0 Å². The third-order valence-corrected chi connectivity index (χ3v) is 3.56. The molecule has 22 heavy (non-hydrogen) atoms. The first-order valence-corrected chi connectivity index (χ1v) is 7.49. The summed E-state index contributed by atoms with van der Waals surface area (Å²) in [5.74, 6) is 1.55. The number of ether oxygens (including phenoxy) is 1. The van der Waals surface area contributed by atoms with Gasteiger partial charge < -0.3 is 19.4 Å². The zero-order valence-electron chi connectivity index (χ0n) is 13.7. The molecule has 0 radical (unpaired) electrons. The van der Waals surface area contributed by atoms with E-state index in [2.05, 4.69) is 35.4 Å². The molecule has 0 saturated carbocycles. The highest BCUT2D eigenvalue weighted by Crippen LogP contribution is 2.20. The van der Waals surface area contributed by atoms with Gasteiger partial charge in [-0.3, -0.25) is 0 Å². The van der Waals surface area contributed by atoms with Crippen molar-refractivity contribution >= 4 is 6.01 Å². The van der Waals surface area contributed by atoms with Crippen LogP contribution in [0.15, 0.2) is 22.6 Å². The van der Waals surface area contributed by atoms with Crippen LogP contribution < -0.4 is 15.0 Å². The van der Waals surface area contributed by atoms with Crippen LogP contribution in [0.1, 0.15) is 23.4 Å². The van der Waals surface area contributed by atoms with Crippen molar-refractivity contribution in [3.63, 3.8) is 0 Å². The lowest BCUT2D eigenvalue weighted by Crippen LogP contribution is -2.20. The molecular formula is C16H24N4O2. The minimum Gasteiger partial charge on any atom is -0.493 e. The van der Waals surface area contributed by atoms with Gasteiger partial charge in [-0.15, -0.1) is 5.10 Å². The Morgan fingerprint density at radius 2 is 2.09 bits per heavy atom. The van der Waals surface area contributed by atoms with Crippen LogP contribution in [0.3, 0.4) is 0 Å². The third-order valence-electron chi connectivity index (χ3n) is 3.56. The maximum Gasteiger partial charge on any atom is 0.317 e. The molecule has 1 aromatic heterocycles. The molecule has 0 spiro atoms. The molecule has 0 aliphatic heterocycles. The normalized spacial score (nSPS) is 10.7. The standard InChI is InChI=1S/C16H24N4O2/c1-12-7-5-8-14(13(12)2)21-10-6-9-20(4)16-19-18-15(22-16)11-17-3/h5,7-8,17H,6,9-11H2,1-4H3. The molecule has 6 nitrogen and oxygen atoms in total. The second-order valence-corrected chi connectivity index (χ2v) is 5.33. The Bertz CT molecular complexity index is 598. The van der Waals surface area contributed by atoms with Crippen LogP contribution in [0.4, 0.5) is 6.01 Å². The number of hydrogen-bond acceptors (Lipinski definition) is 6. The minimum atomic E-state index is 0.539. The van der Waals surface area contributed by atoms with Crippen LogP contribution >= 0.6 is 0 Å². The molecule has 0 aliphatic rings. The van der Waals surface area contributed by atoms with Gasteiger partial charge in [0.2, 0.25) is 5.89 Å². The Hall–Kier alpha value is -2.08. The Morgan fingerprint density at radius 3 is 2.86 bits per heavy atom. The summed E-state index contributed by atoms with van der Waals surface area (Å²) in [5.41, 5.74) is 2.45. The maximum absolute atomic E-state index is 5.84. The zero-order valence-corrected chi connectivity index (χ0v) is 13.7. The van der Waals surface area contributed by atoms with Crippen molar-refractivity contribution in [2.24, 2.45) is 0 Å². The first-order valence-electron chi connectivity index (χ1n) is 7.49. The van der Waals surface area contributed by atoms with Gasteiger partial charge in [0.1, 0.15) is 5.75 Å². The van der Waals surface area contributed by atoms with E-state index in [1.165, 1.54) is 11.1 Å². The second-order valence-electron chi connectivity index (χ2n) is 5.33. The van der Waals surface area contributed by atoms with E-state index >= 15 is 0 Å². The van der Waals surface area contributed by atoms with Crippen molar-refractivity contribution in [3.05, 3.63) is 35.2 Å². The molecule has 2 rings (SSSR count). The number of benzene rings is 1. The highest BCUT2D eigenvalue weighted by atomic mass is 16.5. The second kappa shape index (κ2) is 7.79. The Balaban J connectivity index is 1.77. The van der Waals surface area contributed by atoms with Crippen molar-refractivity contribution in [2.75, 3.05) is 32.1 Å². The smallest absolute Gasteiger partial charge is 0.317 e. The highest BCUT2D eigenvalue weighted by Gasteiger charge is 2.10. The van der Waals surface area contributed by atoms with Gasteiger partial charge in [-0.1, -0.05) is 17.2 Å². The van der Waals surface area contributed by atoms with Gasteiger partial charge in [-0.05, 0) is 44.5 Å². The van der Waals surface area contributed by atoms with Crippen LogP contribution in [0.25, 0.3) is 0 Å². The van der Waals surface area contributed by atoms with Gasteiger partial charge in [0, 0.05) is 13.6 Å². The van der Waals surface area contributed by atoms with Crippen LogP contribution in [0, 0.1) is 13.8 Å². The summed E-state index contributed by atoms with van der Waals surface area (Å²) in [5, 5.41) is 11.0. The molecule has 6 heteroatoms. The summed E-state index contributed by atoms with van der Waals surface area (Å²) in [6.45, 7) is 6.21. The number of aryl methyl sites for hydroxylation is 1. The number of anilines is 1. The number of rotatable bonds is 8. The lowest BCUT2D eigenvalue weighted by Gasteiger charge is -2.15. The van der Waals surface area contributed by atoms with Crippen LogP contribution in [-0.4, -0.2) is 37.4 Å². The molecule has 2 aromatic rings. The van der Waals surface area contributed by atoms with E-state index in [1.54, 1.807) is 0 Å². The minimum absolute atomic E-state index is 0.539. The first kappa shape index (κ1) is 16.3. The monoisotopic (exact) mass is 304 g/mol. The average Bonchev–Trinajstić information content (AvgIpc) is 2.96. The Labute approximate surface area is 131 Å². The fraction of sp³-hybridized carbons (Fsp3) is 0.500. The molecule has 1 heterocycles.